The molecule has 1 aliphatic rings. The van der Waals surface area contributed by atoms with E-state index in [1.807, 2.05) is 18.2 Å². The van der Waals surface area contributed by atoms with Gasteiger partial charge in [0.25, 0.3) is 0 Å². The lowest BCUT2D eigenvalue weighted by molar-refractivity contribution is -0.245. The maximum Gasteiger partial charge on any atom is 0.189 e. The number of benzene rings is 3. The van der Waals surface area contributed by atoms with Gasteiger partial charge in [-0.05, 0) is 16.7 Å². The zero-order valence-electron chi connectivity index (χ0n) is 15.5. The molecule has 0 bridgehead atoms. The first-order chi connectivity index (χ1) is 13.3. The normalized spacial score (nSPS) is 19.7. The lowest BCUT2D eigenvalue weighted by Gasteiger charge is -2.51. The van der Waals surface area contributed by atoms with Gasteiger partial charge in [-0.15, -0.1) is 0 Å². The third-order valence-electron chi connectivity index (χ3n) is 5.49. The first-order valence-corrected chi connectivity index (χ1v) is 9.34. The van der Waals surface area contributed by atoms with Gasteiger partial charge in [-0.1, -0.05) is 103 Å². The molecule has 136 valence electrons. The summed E-state index contributed by atoms with van der Waals surface area (Å²) in [5.74, 6) is -0.841. The first-order valence-electron chi connectivity index (χ1n) is 9.34. The third-order valence-corrected chi connectivity index (χ3v) is 5.49. The van der Waals surface area contributed by atoms with Crippen LogP contribution < -0.4 is 0 Å². The number of methoxy groups -OCH3 is 1. The van der Waals surface area contributed by atoms with E-state index in [0.717, 1.165) is 16.7 Å². The summed E-state index contributed by atoms with van der Waals surface area (Å²) in [6, 6.07) is 31.6. The van der Waals surface area contributed by atoms with E-state index in [0.29, 0.717) is 13.0 Å². The van der Waals surface area contributed by atoms with Crippen LogP contribution in [0.4, 0.5) is 0 Å². The van der Waals surface area contributed by atoms with Crippen LogP contribution in [0.15, 0.2) is 103 Å². The van der Waals surface area contributed by atoms with Gasteiger partial charge in [0.05, 0.1) is 12.0 Å². The molecule has 3 aromatic carbocycles. The number of ether oxygens (including phenoxy) is 2. The average Bonchev–Trinajstić information content (AvgIpc) is 2.77. The van der Waals surface area contributed by atoms with Crippen molar-refractivity contribution in [3.05, 3.63) is 120 Å². The van der Waals surface area contributed by atoms with Crippen LogP contribution in [0.5, 0.6) is 0 Å². The van der Waals surface area contributed by atoms with Crippen molar-refractivity contribution >= 4 is 0 Å². The van der Waals surface area contributed by atoms with Crippen LogP contribution in [-0.2, 0) is 14.9 Å². The molecular weight excluding hydrogens is 332 g/mol. The molecule has 1 heterocycles. The molecule has 1 aliphatic heterocycles. The molecular formula is C25H24O2. The van der Waals surface area contributed by atoms with Gasteiger partial charge in [-0.25, -0.2) is 0 Å². The molecule has 0 saturated heterocycles. The quantitative estimate of drug-likeness (QED) is 0.454. The fourth-order valence-electron chi connectivity index (χ4n) is 4.33. The van der Waals surface area contributed by atoms with E-state index in [9.17, 15) is 0 Å². The molecule has 0 amide bonds. The Labute approximate surface area is 161 Å². The summed E-state index contributed by atoms with van der Waals surface area (Å²) < 4.78 is 12.7. The Hall–Kier alpha value is -2.68. The van der Waals surface area contributed by atoms with E-state index in [1.165, 1.54) is 0 Å². The molecule has 2 heteroatoms. The van der Waals surface area contributed by atoms with Gasteiger partial charge >= 0.3 is 0 Å². The Balaban J connectivity index is 2.11. The third kappa shape index (κ3) is 2.82. The summed E-state index contributed by atoms with van der Waals surface area (Å²) in [6.45, 7) is 0.530. The predicted molar refractivity (Wildman–Crippen MR) is 109 cm³/mol. The lowest BCUT2D eigenvalue weighted by Crippen LogP contribution is -2.57. The smallest absolute Gasteiger partial charge is 0.189 e. The molecule has 0 saturated carbocycles. The van der Waals surface area contributed by atoms with Crippen molar-refractivity contribution < 1.29 is 9.47 Å². The largest absolute Gasteiger partial charge is 0.351 e. The van der Waals surface area contributed by atoms with Crippen molar-refractivity contribution in [3.8, 4) is 0 Å². The van der Waals surface area contributed by atoms with Crippen molar-refractivity contribution in [1.82, 2.24) is 0 Å². The number of hydrogen-bond acceptors (Lipinski definition) is 2. The van der Waals surface area contributed by atoms with Crippen LogP contribution in [0.1, 0.15) is 23.1 Å². The highest BCUT2D eigenvalue weighted by Crippen LogP contribution is 2.51. The SMILES string of the molecule is CO[C@@]1(C(c2ccccc2)(c2ccccc2)c2ccccc2)CC=CCO1. The van der Waals surface area contributed by atoms with Gasteiger partial charge < -0.3 is 9.47 Å². The summed E-state index contributed by atoms with van der Waals surface area (Å²) in [5, 5.41) is 0. The van der Waals surface area contributed by atoms with Crippen LogP contribution in [0.25, 0.3) is 0 Å². The van der Waals surface area contributed by atoms with E-state index in [1.54, 1.807) is 7.11 Å². The summed E-state index contributed by atoms with van der Waals surface area (Å²) in [5.41, 5.74) is 2.86. The molecule has 27 heavy (non-hydrogen) atoms. The van der Waals surface area contributed by atoms with Crippen LogP contribution >= 0.6 is 0 Å². The maximum atomic E-state index is 6.43. The molecule has 0 fully saturated rings. The van der Waals surface area contributed by atoms with Gasteiger partial charge in [-0.2, -0.15) is 0 Å². The standard InChI is InChI=1S/C25H24O2/c1-26-24(19-11-12-20-27-24)25(21-13-5-2-6-14-21,22-15-7-3-8-16-22)23-17-9-4-10-18-23/h2-18H,19-20H2,1H3/t24-/m0/s1. The van der Waals surface area contributed by atoms with Crippen LogP contribution in [-0.4, -0.2) is 19.5 Å². The highest BCUT2D eigenvalue weighted by atomic mass is 16.7. The van der Waals surface area contributed by atoms with Crippen molar-refractivity contribution in [3.63, 3.8) is 0 Å². The minimum absolute atomic E-state index is 0.530. The van der Waals surface area contributed by atoms with Gasteiger partial charge in [0.2, 0.25) is 0 Å². The molecule has 3 aromatic rings. The number of hydrogen-bond donors (Lipinski definition) is 0. The monoisotopic (exact) mass is 356 g/mol. The van der Waals surface area contributed by atoms with Crippen LogP contribution in [0, 0.1) is 0 Å². The van der Waals surface area contributed by atoms with E-state index in [-0.39, 0.29) is 0 Å². The summed E-state index contributed by atoms with van der Waals surface area (Å²) in [6.07, 6.45) is 4.89. The Morgan fingerprint density at radius 1 is 0.704 bits per heavy atom. The van der Waals surface area contributed by atoms with Gasteiger partial charge in [0, 0.05) is 13.5 Å². The molecule has 0 unspecified atom stereocenters. The van der Waals surface area contributed by atoms with Crippen molar-refractivity contribution in [2.45, 2.75) is 17.6 Å². The zero-order valence-corrected chi connectivity index (χ0v) is 15.5. The molecule has 4 rings (SSSR count). The van der Waals surface area contributed by atoms with Crippen LogP contribution in [0.3, 0.4) is 0 Å². The Morgan fingerprint density at radius 3 is 1.48 bits per heavy atom. The van der Waals surface area contributed by atoms with E-state index >= 15 is 0 Å². The molecule has 2 nitrogen and oxygen atoms in total. The molecule has 0 aromatic heterocycles. The molecule has 0 N–H and O–H groups in total. The fraction of sp³-hybridized carbons (Fsp3) is 0.200. The highest BCUT2D eigenvalue weighted by Gasteiger charge is 2.56. The molecule has 0 radical (unpaired) electrons. The van der Waals surface area contributed by atoms with Gasteiger partial charge in [0.1, 0.15) is 0 Å². The Morgan fingerprint density at radius 2 is 1.15 bits per heavy atom. The van der Waals surface area contributed by atoms with Crippen molar-refractivity contribution in [2.24, 2.45) is 0 Å². The minimum atomic E-state index is -0.841. The fourth-order valence-corrected chi connectivity index (χ4v) is 4.33. The van der Waals surface area contributed by atoms with Crippen molar-refractivity contribution in [2.75, 3.05) is 13.7 Å². The minimum Gasteiger partial charge on any atom is -0.351 e. The lowest BCUT2D eigenvalue weighted by atomic mass is 9.62. The predicted octanol–water partition coefficient (Wildman–Crippen LogP) is 5.34. The number of rotatable bonds is 5. The summed E-state index contributed by atoms with van der Waals surface area (Å²) in [4.78, 5) is 0. The van der Waals surface area contributed by atoms with E-state index in [2.05, 4.69) is 84.9 Å². The Bertz CT molecular complexity index is 791. The molecule has 1 atom stereocenters. The van der Waals surface area contributed by atoms with E-state index in [4.69, 9.17) is 9.47 Å². The summed E-state index contributed by atoms with van der Waals surface area (Å²) >= 11 is 0. The van der Waals surface area contributed by atoms with Crippen molar-refractivity contribution in [1.29, 1.82) is 0 Å². The zero-order chi connectivity index (χ0) is 18.6. The first kappa shape index (κ1) is 17.7. The summed E-state index contributed by atoms with van der Waals surface area (Å²) in [7, 11) is 1.75. The molecule has 0 spiro atoms. The average molecular weight is 356 g/mol. The van der Waals surface area contributed by atoms with Gasteiger partial charge in [-0.3, -0.25) is 0 Å². The topological polar surface area (TPSA) is 18.5 Å². The van der Waals surface area contributed by atoms with E-state index < -0.39 is 11.2 Å². The second-order valence-electron chi connectivity index (χ2n) is 6.79. The van der Waals surface area contributed by atoms with Gasteiger partial charge in [0.15, 0.2) is 5.79 Å². The second-order valence-corrected chi connectivity index (χ2v) is 6.79. The second kappa shape index (κ2) is 7.51. The van der Waals surface area contributed by atoms with Crippen LogP contribution in [0.2, 0.25) is 0 Å². The maximum absolute atomic E-state index is 6.43. The Kier molecular flexibility index (Phi) is 4.93. The highest BCUT2D eigenvalue weighted by molar-refractivity contribution is 5.53. The molecule has 0 aliphatic carbocycles.